The Labute approximate surface area is 134 Å². The first-order valence-electron chi connectivity index (χ1n) is 7.44. The van der Waals surface area contributed by atoms with E-state index in [0.29, 0.717) is 5.76 Å². The van der Waals surface area contributed by atoms with E-state index in [0.717, 1.165) is 10.9 Å². The molecule has 0 amide bonds. The third-order valence-corrected chi connectivity index (χ3v) is 3.77. The molecule has 0 bridgehead atoms. The van der Waals surface area contributed by atoms with E-state index in [1.54, 1.807) is 21.9 Å². The van der Waals surface area contributed by atoms with E-state index in [-0.39, 0.29) is 24.2 Å². The molecule has 1 aromatic carbocycles. The SMILES string of the molecule is CC(=O)OC1=CN(C)C=CC1CC(=O)n1ccc2ccccc21. The topological polar surface area (TPSA) is 51.5 Å². The van der Waals surface area contributed by atoms with Gasteiger partial charge in [0.25, 0.3) is 0 Å². The molecule has 1 aliphatic heterocycles. The smallest absolute Gasteiger partial charge is 0.307 e. The van der Waals surface area contributed by atoms with Gasteiger partial charge in [-0.15, -0.1) is 0 Å². The Balaban J connectivity index is 1.82. The first kappa shape index (κ1) is 15.1. The van der Waals surface area contributed by atoms with Crippen molar-refractivity contribution in [2.45, 2.75) is 13.3 Å². The molecular weight excluding hydrogens is 292 g/mol. The van der Waals surface area contributed by atoms with Gasteiger partial charge in [0.15, 0.2) is 0 Å². The van der Waals surface area contributed by atoms with Crippen molar-refractivity contribution in [3.63, 3.8) is 0 Å². The third kappa shape index (κ3) is 3.18. The highest BCUT2D eigenvalue weighted by atomic mass is 16.5. The number of carbonyl (C=O) groups is 2. The van der Waals surface area contributed by atoms with Crippen LogP contribution < -0.4 is 0 Å². The van der Waals surface area contributed by atoms with Crippen LogP contribution in [0.1, 0.15) is 18.1 Å². The summed E-state index contributed by atoms with van der Waals surface area (Å²) in [5.41, 5.74) is 0.882. The molecule has 3 rings (SSSR count). The second-order valence-corrected chi connectivity index (χ2v) is 5.58. The predicted molar refractivity (Wildman–Crippen MR) is 87.4 cm³/mol. The minimum absolute atomic E-state index is 0.0385. The number of rotatable bonds is 3. The lowest BCUT2D eigenvalue weighted by Crippen LogP contribution is -2.21. The molecule has 0 radical (unpaired) electrons. The number of nitrogens with zero attached hydrogens (tertiary/aromatic N) is 2. The molecule has 1 aromatic heterocycles. The van der Waals surface area contributed by atoms with Gasteiger partial charge in [0.05, 0.1) is 5.52 Å². The highest BCUT2D eigenvalue weighted by molar-refractivity contribution is 5.92. The summed E-state index contributed by atoms with van der Waals surface area (Å²) in [7, 11) is 1.84. The molecule has 1 atom stereocenters. The molecule has 1 aliphatic rings. The summed E-state index contributed by atoms with van der Waals surface area (Å²) in [4.78, 5) is 25.7. The van der Waals surface area contributed by atoms with Gasteiger partial charge in [-0.25, -0.2) is 0 Å². The summed E-state index contributed by atoms with van der Waals surface area (Å²) in [6.07, 6.45) is 7.48. The number of hydrogen-bond acceptors (Lipinski definition) is 4. The van der Waals surface area contributed by atoms with Crippen molar-refractivity contribution in [1.82, 2.24) is 9.47 Å². The molecular formula is C18H18N2O3. The molecule has 5 nitrogen and oxygen atoms in total. The predicted octanol–water partition coefficient (Wildman–Crippen LogP) is 3.15. The van der Waals surface area contributed by atoms with Crippen molar-refractivity contribution in [3.05, 3.63) is 60.8 Å². The van der Waals surface area contributed by atoms with Gasteiger partial charge < -0.3 is 9.64 Å². The summed E-state index contributed by atoms with van der Waals surface area (Å²) in [5.74, 6) is -0.177. The molecule has 118 valence electrons. The number of para-hydroxylation sites is 1. The molecule has 2 aromatic rings. The Morgan fingerprint density at radius 2 is 2.00 bits per heavy atom. The van der Waals surface area contributed by atoms with E-state index in [4.69, 9.17) is 4.74 Å². The monoisotopic (exact) mass is 310 g/mol. The standard InChI is InChI=1S/C18H18N2O3/c1-13(21)23-17-12-19(2)9-7-15(17)11-18(22)20-10-8-14-5-3-4-6-16(14)20/h3-10,12,15H,11H2,1-2H3. The molecule has 0 aliphatic carbocycles. The fourth-order valence-corrected chi connectivity index (χ4v) is 2.70. The van der Waals surface area contributed by atoms with Gasteiger partial charge in [0.1, 0.15) is 5.76 Å². The van der Waals surface area contributed by atoms with Crippen molar-refractivity contribution in [2.75, 3.05) is 7.05 Å². The van der Waals surface area contributed by atoms with Gasteiger partial charge in [-0.3, -0.25) is 14.2 Å². The summed E-state index contributed by atoms with van der Waals surface area (Å²) in [6.45, 7) is 1.36. The van der Waals surface area contributed by atoms with Crippen molar-refractivity contribution in [2.24, 2.45) is 5.92 Å². The van der Waals surface area contributed by atoms with Gasteiger partial charge >= 0.3 is 5.97 Å². The lowest BCUT2D eigenvalue weighted by Gasteiger charge is -2.23. The zero-order valence-electron chi connectivity index (χ0n) is 13.1. The zero-order valence-corrected chi connectivity index (χ0v) is 13.1. The Kier molecular flexibility index (Phi) is 4.02. The van der Waals surface area contributed by atoms with Gasteiger partial charge in [-0.1, -0.05) is 24.3 Å². The van der Waals surface area contributed by atoms with Crippen LogP contribution in [0.25, 0.3) is 10.9 Å². The highest BCUT2D eigenvalue weighted by Crippen LogP contribution is 2.25. The lowest BCUT2D eigenvalue weighted by atomic mass is 10.0. The normalized spacial score (nSPS) is 17.2. The molecule has 0 saturated heterocycles. The molecule has 0 N–H and O–H groups in total. The van der Waals surface area contributed by atoms with Crippen LogP contribution in [0.5, 0.6) is 0 Å². The molecule has 5 heteroatoms. The van der Waals surface area contributed by atoms with Crippen LogP contribution in [0, 0.1) is 5.92 Å². The number of esters is 1. The van der Waals surface area contributed by atoms with Crippen LogP contribution in [-0.2, 0) is 9.53 Å². The first-order valence-corrected chi connectivity index (χ1v) is 7.44. The Bertz CT molecular complexity index is 817. The average molecular weight is 310 g/mol. The van der Waals surface area contributed by atoms with Crippen LogP contribution in [0.15, 0.2) is 60.8 Å². The maximum atomic E-state index is 12.6. The van der Waals surface area contributed by atoms with Gasteiger partial charge in [-0.05, 0) is 18.3 Å². The fourth-order valence-electron chi connectivity index (χ4n) is 2.70. The Morgan fingerprint density at radius 3 is 2.78 bits per heavy atom. The summed E-state index contributed by atoms with van der Waals surface area (Å²) in [6, 6.07) is 9.66. The quantitative estimate of drug-likeness (QED) is 0.817. The number of hydrogen-bond donors (Lipinski definition) is 0. The molecule has 0 fully saturated rings. The Hall–Kier alpha value is -2.82. The van der Waals surface area contributed by atoms with E-state index in [2.05, 4.69) is 0 Å². The van der Waals surface area contributed by atoms with Crippen LogP contribution in [-0.4, -0.2) is 28.4 Å². The molecule has 0 spiro atoms. The average Bonchev–Trinajstić information content (AvgIpc) is 2.93. The van der Waals surface area contributed by atoms with Crippen molar-refractivity contribution < 1.29 is 14.3 Å². The number of ether oxygens (including phenoxy) is 1. The number of fused-ring (bicyclic) bond motifs is 1. The summed E-state index contributed by atoms with van der Waals surface area (Å²) < 4.78 is 6.89. The van der Waals surface area contributed by atoms with E-state index < -0.39 is 0 Å². The molecule has 0 saturated carbocycles. The third-order valence-electron chi connectivity index (χ3n) is 3.77. The second kappa shape index (κ2) is 6.12. The van der Waals surface area contributed by atoms with Crippen molar-refractivity contribution >= 4 is 22.8 Å². The minimum atomic E-state index is -0.385. The van der Waals surface area contributed by atoms with Crippen LogP contribution in [0.2, 0.25) is 0 Å². The van der Waals surface area contributed by atoms with E-state index in [1.165, 1.54) is 6.92 Å². The van der Waals surface area contributed by atoms with Gasteiger partial charge in [-0.2, -0.15) is 0 Å². The first-order chi connectivity index (χ1) is 11.0. The van der Waals surface area contributed by atoms with E-state index in [1.807, 2.05) is 49.7 Å². The van der Waals surface area contributed by atoms with E-state index >= 15 is 0 Å². The number of carbonyl (C=O) groups excluding carboxylic acids is 2. The van der Waals surface area contributed by atoms with Crippen LogP contribution in [0.3, 0.4) is 0 Å². The van der Waals surface area contributed by atoms with Gasteiger partial charge in [0.2, 0.25) is 5.91 Å². The largest absolute Gasteiger partial charge is 0.429 e. The maximum absolute atomic E-state index is 12.6. The fraction of sp³-hybridized carbons (Fsp3) is 0.222. The molecule has 1 unspecified atom stereocenters. The summed E-state index contributed by atoms with van der Waals surface area (Å²) >= 11 is 0. The lowest BCUT2D eigenvalue weighted by molar-refractivity contribution is -0.137. The number of benzene rings is 1. The van der Waals surface area contributed by atoms with E-state index in [9.17, 15) is 9.59 Å². The van der Waals surface area contributed by atoms with Crippen molar-refractivity contribution in [1.29, 1.82) is 0 Å². The Morgan fingerprint density at radius 1 is 1.22 bits per heavy atom. The highest BCUT2D eigenvalue weighted by Gasteiger charge is 2.23. The van der Waals surface area contributed by atoms with Gasteiger partial charge in [0, 0.05) is 44.1 Å². The molecule has 23 heavy (non-hydrogen) atoms. The van der Waals surface area contributed by atoms with Crippen LogP contribution in [0.4, 0.5) is 0 Å². The zero-order chi connectivity index (χ0) is 16.4. The van der Waals surface area contributed by atoms with Crippen molar-refractivity contribution in [3.8, 4) is 0 Å². The van der Waals surface area contributed by atoms with Crippen LogP contribution >= 0.6 is 0 Å². The second-order valence-electron chi connectivity index (χ2n) is 5.58. The summed E-state index contributed by atoms with van der Waals surface area (Å²) in [5, 5.41) is 1.02. The minimum Gasteiger partial charge on any atom is -0.429 e. The number of aromatic nitrogens is 1. The number of allylic oxidation sites excluding steroid dienone is 1. The molecule has 2 heterocycles. The maximum Gasteiger partial charge on any atom is 0.307 e.